The van der Waals surface area contributed by atoms with Crippen LogP contribution in [0.3, 0.4) is 0 Å². The Morgan fingerprint density at radius 3 is 3.20 bits per heavy atom. The van der Waals surface area contributed by atoms with E-state index in [9.17, 15) is 0 Å². The average Bonchev–Trinajstić information content (AvgIpc) is 2.27. The molecule has 1 aromatic rings. The molecule has 0 fully saturated rings. The molecule has 2 heteroatoms. The van der Waals surface area contributed by atoms with Gasteiger partial charge in [0.05, 0.1) is 5.69 Å². The molecule has 2 heterocycles. The van der Waals surface area contributed by atoms with Gasteiger partial charge in [0.25, 0.3) is 0 Å². The van der Waals surface area contributed by atoms with Crippen molar-refractivity contribution in [3.05, 3.63) is 36.6 Å². The second-order valence-corrected chi connectivity index (χ2v) is 2.60. The van der Waals surface area contributed by atoms with Crippen molar-refractivity contribution in [3.8, 4) is 0 Å². The van der Waals surface area contributed by atoms with E-state index in [0.29, 0.717) is 0 Å². The molecule has 0 unspecified atom stereocenters. The van der Waals surface area contributed by atoms with Crippen molar-refractivity contribution in [3.63, 3.8) is 0 Å². The number of fused-ring (bicyclic) bond motifs is 1. The lowest BCUT2D eigenvalue weighted by Gasteiger charge is -2.13. The van der Waals surface area contributed by atoms with Crippen molar-refractivity contribution in [1.29, 1.82) is 0 Å². The zero-order valence-corrected chi connectivity index (χ0v) is 5.75. The molecule has 0 amide bonds. The van der Waals surface area contributed by atoms with Crippen LogP contribution in [0.15, 0.2) is 18.3 Å². The highest BCUT2D eigenvalue weighted by molar-refractivity contribution is 5.23. The third kappa shape index (κ3) is 0.809. The third-order valence-corrected chi connectivity index (χ3v) is 1.75. The normalized spacial score (nSPS) is 17.3. The van der Waals surface area contributed by atoms with Gasteiger partial charge in [-0.15, -0.1) is 0 Å². The predicted octanol–water partition coefficient (Wildman–Crippen LogP) is 1.19. The van der Waals surface area contributed by atoms with E-state index in [1.807, 2.05) is 17.2 Å². The summed E-state index contributed by atoms with van der Waals surface area (Å²) in [6, 6.07) is 4.07. The summed E-state index contributed by atoms with van der Waals surface area (Å²) in [7, 11) is 3.85. The van der Waals surface area contributed by atoms with E-state index in [-0.39, 0.29) is 0 Å². The number of hydrogen-bond acceptors (Lipinski definition) is 2. The second-order valence-electron chi connectivity index (χ2n) is 2.60. The van der Waals surface area contributed by atoms with Crippen molar-refractivity contribution in [2.75, 3.05) is 0 Å². The summed E-state index contributed by atoms with van der Waals surface area (Å²) >= 11 is 0. The van der Waals surface area contributed by atoms with E-state index in [1.54, 1.807) is 0 Å². The molecule has 0 saturated carbocycles. The Morgan fingerprint density at radius 1 is 1.50 bits per heavy atom. The summed E-state index contributed by atoms with van der Waals surface area (Å²) in [5.41, 5.74) is 2.50. The Hall–Kier alpha value is -0.890. The maximum atomic E-state index is 4.23. The Bertz CT molecular complexity index is 220. The van der Waals surface area contributed by atoms with Gasteiger partial charge in [0, 0.05) is 12.7 Å². The van der Waals surface area contributed by atoms with E-state index in [4.69, 9.17) is 0 Å². The van der Waals surface area contributed by atoms with Crippen LogP contribution in [-0.2, 0) is 13.1 Å². The van der Waals surface area contributed by atoms with Crippen LogP contribution in [0.2, 0.25) is 0 Å². The zero-order chi connectivity index (χ0) is 6.97. The lowest BCUT2D eigenvalue weighted by atomic mass is 10.2. The molecular weight excluding hydrogens is 124 g/mol. The average molecular weight is 133 g/mol. The van der Waals surface area contributed by atoms with E-state index in [0.717, 1.165) is 13.1 Å². The molecule has 1 aromatic heterocycles. The van der Waals surface area contributed by atoms with Gasteiger partial charge in [0.15, 0.2) is 0 Å². The first-order valence-electron chi connectivity index (χ1n) is 3.34. The van der Waals surface area contributed by atoms with E-state index < -0.39 is 0 Å². The van der Waals surface area contributed by atoms with Gasteiger partial charge in [-0.25, -0.2) is 0 Å². The van der Waals surface area contributed by atoms with Crippen LogP contribution in [0.5, 0.6) is 0 Å². The molecule has 2 rings (SSSR count). The van der Waals surface area contributed by atoms with Crippen LogP contribution in [0.25, 0.3) is 0 Å². The Labute approximate surface area is 60.5 Å². The fourth-order valence-corrected chi connectivity index (χ4v) is 1.27. The molecule has 0 N–H and O–H groups in total. The number of nitrogens with zero attached hydrogens (tertiary/aromatic N) is 2. The molecule has 0 bridgehead atoms. The van der Waals surface area contributed by atoms with Crippen LogP contribution in [0, 0.1) is 7.05 Å². The summed E-state index contributed by atoms with van der Waals surface area (Å²) in [6.07, 6.45) is 1.83. The minimum absolute atomic E-state index is 0.899. The second kappa shape index (κ2) is 2.06. The van der Waals surface area contributed by atoms with Crippen molar-refractivity contribution < 1.29 is 0 Å². The highest BCUT2D eigenvalue weighted by Crippen LogP contribution is 2.17. The highest BCUT2D eigenvalue weighted by atomic mass is 15.1. The maximum absolute atomic E-state index is 4.23. The third-order valence-electron chi connectivity index (χ3n) is 1.75. The van der Waals surface area contributed by atoms with Crippen molar-refractivity contribution >= 4 is 0 Å². The monoisotopic (exact) mass is 133 g/mol. The lowest BCUT2D eigenvalue weighted by Crippen LogP contribution is -2.04. The first-order valence-corrected chi connectivity index (χ1v) is 3.34. The molecule has 0 atom stereocenters. The molecule has 0 radical (unpaired) electrons. The quantitative estimate of drug-likeness (QED) is 0.494. The van der Waals surface area contributed by atoms with Gasteiger partial charge >= 0.3 is 0 Å². The summed E-state index contributed by atoms with van der Waals surface area (Å²) < 4.78 is 0. The number of rotatable bonds is 0. The van der Waals surface area contributed by atoms with Crippen LogP contribution in [-0.4, -0.2) is 9.88 Å². The summed E-state index contributed by atoms with van der Waals surface area (Å²) in [6.45, 7) is 1.85. The molecule has 0 saturated heterocycles. The Kier molecular flexibility index (Phi) is 1.21. The van der Waals surface area contributed by atoms with Crippen molar-refractivity contribution in [2.45, 2.75) is 13.1 Å². The van der Waals surface area contributed by atoms with Gasteiger partial charge in [-0.1, -0.05) is 6.07 Å². The Balaban J connectivity index is 2.42. The minimum Gasteiger partial charge on any atom is -0.451 e. The number of hydrogen-bond donors (Lipinski definition) is 0. The van der Waals surface area contributed by atoms with Crippen molar-refractivity contribution in [2.24, 2.45) is 0 Å². The lowest BCUT2D eigenvalue weighted by molar-refractivity contribution is 0.391. The molecule has 0 aliphatic carbocycles. The topological polar surface area (TPSA) is 16.1 Å². The molecule has 0 aromatic carbocycles. The summed E-state index contributed by atoms with van der Waals surface area (Å²) in [5.74, 6) is 0. The molecular formula is C8H9N2-. The summed E-state index contributed by atoms with van der Waals surface area (Å²) in [4.78, 5) is 6.24. The molecule has 10 heavy (non-hydrogen) atoms. The van der Waals surface area contributed by atoms with E-state index in [1.165, 1.54) is 11.3 Å². The zero-order valence-electron chi connectivity index (χ0n) is 5.75. The Morgan fingerprint density at radius 2 is 2.40 bits per heavy atom. The van der Waals surface area contributed by atoms with Crippen LogP contribution in [0.4, 0.5) is 0 Å². The van der Waals surface area contributed by atoms with Gasteiger partial charge in [0.2, 0.25) is 0 Å². The van der Waals surface area contributed by atoms with E-state index in [2.05, 4.69) is 18.1 Å². The van der Waals surface area contributed by atoms with E-state index >= 15 is 0 Å². The van der Waals surface area contributed by atoms with Crippen LogP contribution >= 0.6 is 0 Å². The molecule has 2 nitrogen and oxygen atoms in total. The van der Waals surface area contributed by atoms with Gasteiger partial charge in [-0.2, -0.15) is 0 Å². The van der Waals surface area contributed by atoms with Gasteiger partial charge in [-0.05, 0) is 18.2 Å². The molecule has 1 aliphatic heterocycles. The first kappa shape index (κ1) is 5.86. The van der Waals surface area contributed by atoms with Crippen molar-refractivity contribution in [1.82, 2.24) is 9.88 Å². The molecule has 52 valence electrons. The molecule has 1 aliphatic rings. The van der Waals surface area contributed by atoms with Gasteiger partial charge < -0.3 is 4.90 Å². The largest absolute Gasteiger partial charge is 0.451 e. The van der Waals surface area contributed by atoms with Crippen LogP contribution in [0.1, 0.15) is 11.3 Å². The number of aromatic nitrogens is 1. The van der Waals surface area contributed by atoms with Crippen LogP contribution < -0.4 is 0 Å². The predicted molar refractivity (Wildman–Crippen MR) is 38.8 cm³/mol. The summed E-state index contributed by atoms with van der Waals surface area (Å²) in [5, 5.41) is 0. The SMILES string of the molecule is [CH2-]N1Cc2cccnc2C1. The smallest absolute Gasteiger partial charge is 0.0563 e. The minimum atomic E-state index is 0.899. The fraction of sp³-hybridized carbons (Fsp3) is 0.250. The van der Waals surface area contributed by atoms with Gasteiger partial charge in [0.1, 0.15) is 0 Å². The number of pyridine rings is 1. The maximum Gasteiger partial charge on any atom is 0.0563 e. The van der Waals surface area contributed by atoms with Gasteiger partial charge in [-0.3, -0.25) is 12.0 Å². The fourth-order valence-electron chi connectivity index (χ4n) is 1.27. The standard InChI is InChI=1S/C8H9N2/c1-10-5-7-3-2-4-9-8(7)6-10/h2-4H,1,5-6H2/q-1. The first-order chi connectivity index (χ1) is 4.86. The highest BCUT2D eigenvalue weighted by Gasteiger charge is 2.10. The molecule has 0 spiro atoms.